The van der Waals surface area contributed by atoms with E-state index < -0.39 is 5.97 Å². The Morgan fingerprint density at radius 1 is 1.36 bits per heavy atom. The lowest BCUT2D eigenvalue weighted by atomic mass is 10.2. The van der Waals surface area contributed by atoms with Gasteiger partial charge in [-0.25, -0.2) is 4.79 Å². The summed E-state index contributed by atoms with van der Waals surface area (Å²) in [7, 11) is 0. The van der Waals surface area contributed by atoms with Crippen molar-refractivity contribution in [1.29, 1.82) is 0 Å². The van der Waals surface area contributed by atoms with Crippen LogP contribution in [0.1, 0.15) is 37.0 Å². The van der Waals surface area contributed by atoms with Crippen molar-refractivity contribution in [2.45, 2.75) is 26.7 Å². The van der Waals surface area contributed by atoms with Crippen LogP contribution in [0, 0.1) is 0 Å². The molecular formula is C16H20N2O4. The molecule has 0 radical (unpaired) electrons. The third kappa shape index (κ3) is 3.63. The van der Waals surface area contributed by atoms with Crippen LogP contribution in [0.2, 0.25) is 0 Å². The minimum Gasteiger partial charge on any atom is -0.462 e. The predicted octanol–water partition coefficient (Wildman–Crippen LogP) is 2.51. The number of benzene rings is 1. The van der Waals surface area contributed by atoms with Gasteiger partial charge in [0, 0.05) is 6.54 Å². The number of hydrogen-bond donors (Lipinski definition) is 0. The lowest BCUT2D eigenvalue weighted by molar-refractivity contribution is -0.125. The van der Waals surface area contributed by atoms with Crippen molar-refractivity contribution in [3.05, 3.63) is 29.8 Å². The van der Waals surface area contributed by atoms with Crippen LogP contribution in [0.3, 0.4) is 0 Å². The molecule has 1 heterocycles. The third-order valence-corrected chi connectivity index (χ3v) is 3.21. The fourth-order valence-electron chi connectivity index (χ4n) is 2.07. The molecule has 0 aromatic heterocycles. The number of carbonyl (C=O) groups excluding carboxylic acids is 2. The number of amides is 1. The van der Waals surface area contributed by atoms with E-state index in [4.69, 9.17) is 9.47 Å². The summed E-state index contributed by atoms with van der Waals surface area (Å²) < 4.78 is 10.4. The van der Waals surface area contributed by atoms with E-state index in [2.05, 4.69) is 4.99 Å². The summed E-state index contributed by atoms with van der Waals surface area (Å²) in [6.07, 6.45) is 1.84. The van der Waals surface area contributed by atoms with E-state index in [1.807, 2.05) is 6.92 Å². The highest BCUT2D eigenvalue weighted by Crippen LogP contribution is 2.22. The van der Waals surface area contributed by atoms with Crippen LogP contribution in [-0.4, -0.2) is 42.6 Å². The van der Waals surface area contributed by atoms with Gasteiger partial charge in [-0.15, -0.1) is 0 Å². The van der Waals surface area contributed by atoms with Gasteiger partial charge in [-0.3, -0.25) is 9.69 Å². The second-order valence-corrected chi connectivity index (χ2v) is 4.82. The number of unbranched alkanes of at least 4 members (excludes halogenated alkanes) is 1. The van der Waals surface area contributed by atoms with Crippen molar-refractivity contribution >= 4 is 23.6 Å². The Hall–Kier alpha value is -2.37. The van der Waals surface area contributed by atoms with Crippen molar-refractivity contribution in [2.24, 2.45) is 4.99 Å². The number of carbonyl (C=O) groups is 2. The Morgan fingerprint density at radius 2 is 2.14 bits per heavy atom. The molecular weight excluding hydrogens is 284 g/mol. The maximum absolute atomic E-state index is 11.9. The number of amidine groups is 1. The van der Waals surface area contributed by atoms with Gasteiger partial charge in [0.15, 0.2) is 6.61 Å². The van der Waals surface area contributed by atoms with Crippen LogP contribution in [0.5, 0.6) is 0 Å². The molecule has 22 heavy (non-hydrogen) atoms. The number of hydrogen-bond acceptors (Lipinski definition) is 5. The molecule has 1 amide bonds. The summed E-state index contributed by atoms with van der Waals surface area (Å²) in [6, 6.07) is 7.10. The topological polar surface area (TPSA) is 68.2 Å². The Labute approximate surface area is 129 Å². The average Bonchev–Trinajstić information content (AvgIpc) is 2.86. The van der Waals surface area contributed by atoms with Gasteiger partial charge in [0.1, 0.15) is 0 Å². The molecule has 0 atom stereocenters. The summed E-state index contributed by atoms with van der Waals surface area (Å²) in [4.78, 5) is 29.6. The Kier molecular flexibility index (Phi) is 5.52. The number of nitrogens with zero attached hydrogens (tertiary/aromatic N) is 2. The molecule has 6 heteroatoms. The summed E-state index contributed by atoms with van der Waals surface area (Å²) >= 11 is 0. The highest BCUT2D eigenvalue weighted by atomic mass is 16.5. The molecule has 0 saturated carbocycles. The van der Waals surface area contributed by atoms with Crippen LogP contribution < -0.4 is 0 Å². The van der Waals surface area contributed by atoms with Gasteiger partial charge in [-0.2, -0.15) is 4.99 Å². The smallest absolute Gasteiger partial charge is 0.340 e. The first-order valence-electron chi connectivity index (χ1n) is 7.45. The molecule has 1 aliphatic rings. The number of esters is 1. The molecule has 0 aliphatic carbocycles. The van der Waals surface area contributed by atoms with E-state index in [1.54, 1.807) is 31.2 Å². The molecule has 2 rings (SSSR count). The molecule has 1 fully saturated rings. The molecule has 1 saturated heterocycles. The van der Waals surface area contributed by atoms with Crippen molar-refractivity contribution < 1.29 is 19.1 Å². The standard InChI is InChI=1S/C16H20N2O4/c1-3-5-10-18-14(19)11-22-16(18)17-13-9-7-6-8-12(13)15(20)21-4-2/h6-9H,3-5,10-11H2,1-2H3. The Morgan fingerprint density at radius 3 is 2.86 bits per heavy atom. The Bertz CT molecular complexity index is 583. The summed E-state index contributed by atoms with van der Waals surface area (Å²) in [5, 5.41) is 0. The van der Waals surface area contributed by atoms with Gasteiger partial charge >= 0.3 is 5.97 Å². The minimum absolute atomic E-state index is 0.00980. The second-order valence-electron chi connectivity index (χ2n) is 4.82. The van der Waals surface area contributed by atoms with Crippen molar-refractivity contribution in [3.63, 3.8) is 0 Å². The Balaban J connectivity index is 2.28. The number of rotatable bonds is 6. The van der Waals surface area contributed by atoms with E-state index in [0.717, 1.165) is 12.8 Å². The van der Waals surface area contributed by atoms with Gasteiger partial charge in [0.2, 0.25) is 0 Å². The second kappa shape index (κ2) is 7.59. The fourth-order valence-corrected chi connectivity index (χ4v) is 2.07. The first-order chi connectivity index (χ1) is 10.7. The highest BCUT2D eigenvalue weighted by Gasteiger charge is 2.29. The molecule has 0 bridgehead atoms. The summed E-state index contributed by atoms with van der Waals surface area (Å²) in [6.45, 7) is 4.65. The fraction of sp³-hybridized carbons (Fsp3) is 0.438. The van der Waals surface area contributed by atoms with Gasteiger partial charge in [-0.1, -0.05) is 25.5 Å². The van der Waals surface area contributed by atoms with Crippen molar-refractivity contribution in [3.8, 4) is 0 Å². The van der Waals surface area contributed by atoms with E-state index >= 15 is 0 Å². The molecule has 0 unspecified atom stereocenters. The zero-order valence-electron chi connectivity index (χ0n) is 12.9. The molecule has 1 aliphatic heterocycles. The normalized spacial score (nSPS) is 16.0. The first kappa shape index (κ1) is 16.0. The summed E-state index contributed by atoms with van der Waals surface area (Å²) in [5.41, 5.74) is 0.794. The molecule has 1 aromatic carbocycles. The van der Waals surface area contributed by atoms with Gasteiger partial charge < -0.3 is 9.47 Å². The molecule has 0 N–H and O–H groups in total. The van der Waals surface area contributed by atoms with Crippen LogP contribution in [0.15, 0.2) is 29.3 Å². The van der Waals surface area contributed by atoms with Crippen LogP contribution in [0.25, 0.3) is 0 Å². The predicted molar refractivity (Wildman–Crippen MR) is 82.1 cm³/mol. The third-order valence-electron chi connectivity index (χ3n) is 3.21. The first-order valence-corrected chi connectivity index (χ1v) is 7.45. The maximum atomic E-state index is 11.9. The van der Waals surface area contributed by atoms with E-state index in [0.29, 0.717) is 24.4 Å². The summed E-state index contributed by atoms with van der Waals surface area (Å²) in [5.74, 6) is -0.548. The maximum Gasteiger partial charge on any atom is 0.340 e. The van der Waals surface area contributed by atoms with Crippen molar-refractivity contribution in [1.82, 2.24) is 4.90 Å². The zero-order chi connectivity index (χ0) is 15.9. The minimum atomic E-state index is -0.438. The zero-order valence-corrected chi connectivity index (χ0v) is 12.9. The molecule has 0 spiro atoms. The molecule has 1 aromatic rings. The lowest BCUT2D eigenvalue weighted by Gasteiger charge is -2.13. The van der Waals surface area contributed by atoms with Crippen LogP contribution in [0.4, 0.5) is 5.69 Å². The number of ether oxygens (including phenoxy) is 2. The van der Waals surface area contributed by atoms with Gasteiger partial charge in [0.25, 0.3) is 11.9 Å². The number of para-hydroxylation sites is 1. The van der Waals surface area contributed by atoms with E-state index in [1.165, 1.54) is 4.90 Å². The largest absolute Gasteiger partial charge is 0.462 e. The average molecular weight is 304 g/mol. The highest BCUT2D eigenvalue weighted by molar-refractivity contribution is 6.02. The van der Waals surface area contributed by atoms with E-state index in [9.17, 15) is 9.59 Å². The van der Waals surface area contributed by atoms with E-state index in [-0.39, 0.29) is 18.5 Å². The number of aliphatic imine (C=N–C) groups is 1. The van der Waals surface area contributed by atoms with Gasteiger partial charge in [-0.05, 0) is 25.5 Å². The molecule has 6 nitrogen and oxygen atoms in total. The van der Waals surface area contributed by atoms with Crippen molar-refractivity contribution in [2.75, 3.05) is 19.8 Å². The van der Waals surface area contributed by atoms with Crippen LogP contribution >= 0.6 is 0 Å². The SMILES string of the molecule is CCCCN1C(=O)COC1=Nc1ccccc1C(=O)OCC. The lowest BCUT2D eigenvalue weighted by Crippen LogP contribution is -2.31. The molecule has 118 valence electrons. The quantitative estimate of drug-likeness (QED) is 0.757. The van der Waals surface area contributed by atoms with Crippen LogP contribution in [-0.2, 0) is 14.3 Å². The van der Waals surface area contributed by atoms with Gasteiger partial charge in [0.05, 0.1) is 17.9 Å². The monoisotopic (exact) mass is 304 g/mol.